The second-order valence-electron chi connectivity index (χ2n) is 11.2. The second kappa shape index (κ2) is 10.9. The van der Waals surface area contributed by atoms with Crippen LogP contribution in [0.5, 0.6) is 5.75 Å². The molecule has 7 rings (SSSR count). The van der Waals surface area contributed by atoms with Gasteiger partial charge >= 0.3 is 0 Å². The van der Waals surface area contributed by atoms with Crippen molar-refractivity contribution in [1.82, 2.24) is 8.96 Å². The summed E-state index contributed by atoms with van der Waals surface area (Å²) in [6.07, 6.45) is 4.75. The number of aromatic nitrogens is 2. The van der Waals surface area contributed by atoms with E-state index in [1.54, 1.807) is 48.7 Å². The summed E-state index contributed by atoms with van der Waals surface area (Å²) in [6, 6.07) is 29.7. The third-order valence-corrected chi connectivity index (χ3v) is 10.2. The van der Waals surface area contributed by atoms with E-state index in [0.29, 0.717) is 41.2 Å². The maximum atomic E-state index is 14.2. The highest BCUT2D eigenvalue weighted by atomic mass is 32.2. The number of pyridine rings is 1. The molecule has 9 heteroatoms. The van der Waals surface area contributed by atoms with Crippen molar-refractivity contribution in [3.63, 3.8) is 0 Å². The summed E-state index contributed by atoms with van der Waals surface area (Å²) in [6.45, 7) is 1.26. The Morgan fingerprint density at radius 1 is 0.909 bits per heavy atom. The van der Waals surface area contributed by atoms with Gasteiger partial charge in [-0.2, -0.15) is 10.5 Å². The highest BCUT2D eigenvalue weighted by Gasteiger charge is 2.44. The molecule has 0 radical (unpaired) electrons. The Morgan fingerprint density at radius 2 is 1.64 bits per heavy atom. The van der Waals surface area contributed by atoms with Crippen molar-refractivity contribution >= 4 is 21.1 Å². The van der Waals surface area contributed by atoms with Gasteiger partial charge in [0.05, 0.1) is 40.9 Å². The van der Waals surface area contributed by atoms with Crippen LogP contribution in [0.2, 0.25) is 0 Å². The fraction of sp³-hybridized carbons (Fsp3) is 0.229. The van der Waals surface area contributed by atoms with Gasteiger partial charge in [0.1, 0.15) is 17.9 Å². The molecule has 0 unspecified atom stereocenters. The molecule has 218 valence electrons. The van der Waals surface area contributed by atoms with Crippen molar-refractivity contribution in [3.8, 4) is 40.3 Å². The normalized spacial score (nSPS) is 16.2. The van der Waals surface area contributed by atoms with Crippen molar-refractivity contribution in [1.29, 1.82) is 10.5 Å². The lowest BCUT2D eigenvalue weighted by Crippen LogP contribution is -2.26. The van der Waals surface area contributed by atoms with Gasteiger partial charge in [0.15, 0.2) is 5.65 Å². The van der Waals surface area contributed by atoms with Gasteiger partial charge in [-0.3, -0.25) is 0 Å². The lowest BCUT2D eigenvalue weighted by molar-refractivity contribution is 0.0254. The molecule has 5 aromatic rings. The quantitative estimate of drug-likeness (QED) is 0.207. The SMILES string of the molecule is N#Cc1cc(-c2ccnc3c2cc(-c2ccc(C4(C#N)CC4)cc2)n3S(=O)(=O)c2ccccc2)ccc1OC1CCOCC1. The first-order valence-electron chi connectivity index (χ1n) is 14.6. The number of nitriles is 2. The zero-order valence-electron chi connectivity index (χ0n) is 23.8. The van der Waals surface area contributed by atoms with E-state index in [1.807, 2.05) is 42.5 Å². The van der Waals surface area contributed by atoms with Gasteiger partial charge in [0, 0.05) is 24.4 Å². The first-order chi connectivity index (χ1) is 21.4. The van der Waals surface area contributed by atoms with Crippen LogP contribution >= 0.6 is 0 Å². The Balaban J connectivity index is 1.38. The van der Waals surface area contributed by atoms with Crippen LogP contribution in [0.4, 0.5) is 0 Å². The number of hydrogen-bond donors (Lipinski definition) is 0. The summed E-state index contributed by atoms with van der Waals surface area (Å²) in [7, 11) is -4.05. The number of fused-ring (bicyclic) bond motifs is 1. The van der Waals surface area contributed by atoms with Crippen molar-refractivity contribution in [2.45, 2.75) is 42.1 Å². The van der Waals surface area contributed by atoms with Crippen LogP contribution in [-0.2, 0) is 20.2 Å². The molecule has 3 aromatic carbocycles. The topological polar surface area (TPSA) is 118 Å². The number of rotatable bonds is 7. The van der Waals surface area contributed by atoms with E-state index in [0.717, 1.165) is 42.4 Å². The van der Waals surface area contributed by atoms with Crippen LogP contribution < -0.4 is 4.74 Å². The molecule has 3 heterocycles. The van der Waals surface area contributed by atoms with Gasteiger partial charge in [-0.1, -0.05) is 48.5 Å². The van der Waals surface area contributed by atoms with Crippen molar-refractivity contribution in [2.75, 3.05) is 13.2 Å². The van der Waals surface area contributed by atoms with Gasteiger partial charge in [0.25, 0.3) is 10.0 Å². The first-order valence-corrected chi connectivity index (χ1v) is 16.0. The maximum Gasteiger partial charge on any atom is 0.269 e. The van der Waals surface area contributed by atoms with Crippen LogP contribution in [0.15, 0.2) is 96.0 Å². The first kappa shape index (κ1) is 27.8. The molecule has 0 spiro atoms. The molecule has 8 nitrogen and oxygen atoms in total. The van der Waals surface area contributed by atoms with Crippen LogP contribution in [0.3, 0.4) is 0 Å². The fourth-order valence-electron chi connectivity index (χ4n) is 5.88. The highest BCUT2D eigenvalue weighted by Crippen LogP contribution is 2.48. The van der Waals surface area contributed by atoms with E-state index in [1.165, 1.54) is 3.97 Å². The molecular weight excluding hydrogens is 572 g/mol. The van der Waals surface area contributed by atoms with E-state index in [4.69, 9.17) is 9.47 Å². The van der Waals surface area contributed by atoms with E-state index < -0.39 is 15.4 Å². The third-order valence-electron chi connectivity index (χ3n) is 8.51. The largest absolute Gasteiger partial charge is 0.489 e. The summed E-state index contributed by atoms with van der Waals surface area (Å²) < 4.78 is 41.2. The predicted octanol–water partition coefficient (Wildman–Crippen LogP) is 6.59. The Bertz CT molecular complexity index is 2060. The maximum absolute atomic E-state index is 14.2. The number of hydrogen-bond acceptors (Lipinski definition) is 7. The Morgan fingerprint density at radius 3 is 2.32 bits per heavy atom. The summed E-state index contributed by atoms with van der Waals surface area (Å²) in [5, 5.41) is 20.3. The Hall–Kier alpha value is -4.96. The zero-order chi connectivity index (χ0) is 30.3. The smallest absolute Gasteiger partial charge is 0.269 e. The van der Waals surface area contributed by atoms with Crippen molar-refractivity contribution in [3.05, 3.63) is 102 Å². The molecule has 0 amide bonds. The Labute approximate surface area is 255 Å². The van der Waals surface area contributed by atoms with E-state index in [2.05, 4.69) is 17.1 Å². The molecule has 0 bridgehead atoms. The third kappa shape index (κ3) is 4.81. The monoisotopic (exact) mass is 600 g/mol. The summed E-state index contributed by atoms with van der Waals surface area (Å²) in [4.78, 5) is 4.71. The number of benzene rings is 3. The average Bonchev–Trinajstić information content (AvgIpc) is 3.77. The lowest BCUT2D eigenvalue weighted by atomic mass is 9.96. The number of ether oxygens (including phenoxy) is 2. The van der Waals surface area contributed by atoms with Gasteiger partial charge in [-0.15, -0.1) is 0 Å². The van der Waals surface area contributed by atoms with Crippen LogP contribution in [0.1, 0.15) is 36.8 Å². The predicted molar refractivity (Wildman–Crippen MR) is 165 cm³/mol. The molecule has 2 fully saturated rings. The van der Waals surface area contributed by atoms with Crippen LogP contribution in [-0.4, -0.2) is 36.7 Å². The van der Waals surface area contributed by atoms with Crippen LogP contribution in [0, 0.1) is 22.7 Å². The van der Waals surface area contributed by atoms with Gasteiger partial charge in [-0.25, -0.2) is 17.4 Å². The van der Waals surface area contributed by atoms with E-state index in [-0.39, 0.29) is 16.6 Å². The number of nitrogens with zero attached hydrogens (tertiary/aromatic N) is 4. The summed E-state index contributed by atoms with van der Waals surface area (Å²) >= 11 is 0. The van der Waals surface area contributed by atoms with Crippen LogP contribution in [0.25, 0.3) is 33.4 Å². The summed E-state index contributed by atoms with van der Waals surface area (Å²) in [5.41, 5.74) is 3.79. The summed E-state index contributed by atoms with van der Waals surface area (Å²) in [5.74, 6) is 0.518. The highest BCUT2D eigenvalue weighted by molar-refractivity contribution is 7.90. The van der Waals surface area contributed by atoms with Gasteiger partial charge < -0.3 is 9.47 Å². The minimum absolute atomic E-state index is 0.0107. The van der Waals surface area contributed by atoms with Crippen molar-refractivity contribution < 1.29 is 17.9 Å². The molecule has 1 saturated heterocycles. The molecule has 1 aliphatic carbocycles. The van der Waals surface area contributed by atoms with Crippen molar-refractivity contribution in [2.24, 2.45) is 0 Å². The molecular formula is C35H28N4O4S. The molecule has 0 atom stereocenters. The molecule has 2 aromatic heterocycles. The minimum atomic E-state index is -4.05. The lowest BCUT2D eigenvalue weighted by Gasteiger charge is -2.23. The molecule has 1 aliphatic heterocycles. The standard InChI is InChI=1S/C35H28N4O4S/c36-22-26-20-25(8-11-33(26)43-28-13-18-42-19-14-28)30-12-17-38-34-31(30)21-32(39(34)44(40,41)29-4-2-1-3-5-29)24-6-9-27(10-7-24)35(23-37)15-16-35/h1-12,17,20-21,28H,13-16,18-19H2. The zero-order valence-corrected chi connectivity index (χ0v) is 24.6. The molecule has 44 heavy (non-hydrogen) atoms. The molecule has 1 saturated carbocycles. The minimum Gasteiger partial charge on any atom is -0.489 e. The van der Waals surface area contributed by atoms with Gasteiger partial charge in [0.2, 0.25) is 0 Å². The van der Waals surface area contributed by atoms with E-state index in [9.17, 15) is 18.9 Å². The van der Waals surface area contributed by atoms with E-state index >= 15 is 0 Å². The fourth-order valence-corrected chi connectivity index (χ4v) is 7.38. The molecule has 0 N–H and O–H groups in total. The second-order valence-corrected chi connectivity index (χ2v) is 13.0. The molecule has 2 aliphatic rings. The van der Waals surface area contributed by atoms with Gasteiger partial charge in [-0.05, 0) is 71.5 Å². The average molecular weight is 601 g/mol. The Kier molecular flexibility index (Phi) is 6.93.